The second-order valence-corrected chi connectivity index (χ2v) is 3.66. The Morgan fingerprint density at radius 3 is 3.00 bits per heavy atom. The third kappa shape index (κ3) is 1.45. The third-order valence-corrected chi connectivity index (χ3v) is 2.72. The zero-order chi connectivity index (χ0) is 10.1. The van der Waals surface area contributed by atoms with Crippen molar-refractivity contribution >= 4 is 5.97 Å². The minimum Gasteiger partial charge on any atom is -0.481 e. The molecule has 0 saturated carbocycles. The molecule has 5 nitrogen and oxygen atoms in total. The molecule has 0 saturated heterocycles. The van der Waals surface area contributed by atoms with Gasteiger partial charge in [0.25, 0.3) is 5.56 Å². The van der Waals surface area contributed by atoms with Crippen LogP contribution in [0.25, 0.3) is 0 Å². The number of aliphatic carboxylic acids is 1. The number of fused-ring (bicyclic) bond motifs is 1. The molecule has 1 atom stereocenters. The first-order chi connectivity index (χ1) is 6.68. The average molecular weight is 196 g/mol. The van der Waals surface area contributed by atoms with Gasteiger partial charge in [0.1, 0.15) is 0 Å². The molecule has 0 spiro atoms. The molecule has 14 heavy (non-hydrogen) atoms. The van der Waals surface area contributed by atoms with Crippen LogP contribution >= 0.6 is 0 Å². The van der Waals surface area contributed by atoms with Crippen molar-refractivity contribution in [2.75, 3.05) is 0 Å². The Morgan fingerprint density at radius 1 is 1.50 bits per heavy atom. The number of carbonyl (C=O) groups is 1. The van der Waals surface area contributed by atoms with Gasteiger partial charge >= 0.3 is 5.97 Å². The highest BCUT2D eigenvalue weighted by Gasteiger charge is 2.25. The summed E-state index contributed by atoms with van der Waals surface area (Å²) >= 11 is 0. The summed E-state index contributed by atoms with van der Waals surface area (Å²) in [4.78, 5) is 21.8. The van der Waals surface area contributed by atoms with E-state index in [1.54, 1.807) is 0 Å². The fraction of sp³-hybridized carbons (Fsp3) is 0.556. The smallest absolute Gasteiger partial charge is 0.304 e. The minimum absolute atomic E-state index is 0.0322. The van der Waals surface area contributed by atoms with Crippen LogP contribution in [-0.4, -0.2) is 21.3 Å². The molecule has 1 heterocycles. The molecule has 0 aliphatic heterocycles. The maximum Gasteiger partial charge on any atom is 0.304 e. The van der Waals surface area contributed by atoms with Gasteiger partial charge in [0.2, 0.25) is 0 Å². The standard InChI is InChI=1S/C9H12N2O3/c12-7(13)4-5-2-1-3-6-8(5)10-11-9(6)14/h5H,1-4H2,(H,12,13)(H2,10,11,14). The van der Waals surface area contributed by atoms with Crippen LogP contribution in [0.1, 0.15) is 36.4 Å². The van der Waals surface area contributed by atoms with Crippen LogP contribution in [0.5, 0.6) is 0 Å². The summed E-state index contributed by atoms with van der Waals surface area (Å²) in [6.07, 6.45) is 2.59. The first kappa shape index (κ1) is 9.05. The number of nitrogens with one attached hydrogen (secondary N) is 2. The second-order valence-electron chi connectivity index (χ2n) is 3.66. The van der Waals surface area contributed by atoms with Crippen molar-refractivity contribution in [2.45, 2.75) is 31.6 Å². The van der Waals surface area contributed by atoms with Crippen LogP contribution in [0, 0.1) is 0 Å². The van der Waals surface area contributed by atoms with Crippen molar-refractivity contribution in [3.8, 4) is 0 Å². The fourth-order valence-electron chi connectivity index (χ4n) is 2.08. The van der Waals surface area contributed by atoms with Crippen molar-refractivity contribution in [3.63, 3.8) is 0 Å². The Bertz CT molecular complexity index is 404. The second kappa shape index (κ2) is 3.32. The molecule has 0 amide bonds. The Kier molecular flexibility index (Phi) is 2.15. The number of carboxylic acids is 1. The summed E-state index contributed by atoms with van der Waals surface area (Å²) in [6, 6.07) is 0. The highest BCUT2D eigenvalue weighted by molar-refractivity contribution is 5.68. The summed E-state index contributed by atoms with van der Waals surface area (Å²) < 4.78 is 0. The summed E-state index contributed by atoms with van der Waals surface area (Å²) in [5.41, 5.74) is 1.43. The SMILES string of the molecule is O=C(O)CC1CCCc2c1[nH][nH]c2=O. The van der Waals surface area contributed by atoms with Crippen molar-refractivity contribution in [1.82, 2.24) is 10.2 Å². The Labute approximate surface area is 80.1 Å². The van der Waals surface area contributed by atoms with E-state index in [0.29, 0.717) is 0 Å². The number of H-pyrrole nitrogens is 2. The molecule has 0 bridgehead atoms. The van der Waals surface area contributed by atoms with Gasteiger partial charge in [-0.3, -0.25) is 14.7 Å². The van der Waals surface area contributed by atoms with Crippen LogP contribution in [0.3, 0.4) is 0 Å². The highest BCUT2D eigenvalue weighted by atomic mass is 16.4. The number of carboxylic acid groups (broad SMARTS) is 1. The van der Waals surface area contributed by atoms with E-state index in [1.165, 1.54) is 0 Å². The monoisotopic (exact) mass is 196 g/mol. The zero-order valence-electron chi connectivity index (χ0n) is 7.67. The minimum atomic E-state index is -0.815. The highest BCUT2D eigenvalue weighted by Crippen LogP contribution is 2.30. The topological polar surface area (TPSA) is 85.9 Å². The predicted octanol–water partition coefficient (Wildman–Crippen LogP) is 0.598. The van der Waals surface area contributed by atoms with Gasteiger partial charge in [-0.2, -0.15) is 0 Å². The Hall–Kier alpha value is -1.52. The van der Waals surface area contributed by atoms with Gasteiger partial charge in [0.15, 0.2) is 0 Å². The van der Waals surface area contributed by atoms with E-state index in [9.17, 15) is 9.59 Å². The van der Waals surface area contributed by atoms with Crippen molar-refractivity contribution in [3.05, 3.63) is 21.6 Å². The van der Waals surface area contributed by atoms with Gasteiger partial charge in [0, 0.05) is 17.2 Å². The van der Waals surface area contributed by atoms with E-state index in [4.69, 9.17) is 5.11 Å². The summed E-state index contributed by atoms with van der Waals surface area (Å²) in [5.74, 6) is -0.847. The lowest BCUT2D eigenvalue weighted by Gasteiger charge is -2.19. The molecule has 5 heteroatoms. The maximum absolute atomic E-state index is 11.3. The average Bonchev–Trinajstić information content (AvgIpc) is 2.49. The predicted molar refractivity (Wildman–Crippen MR) is 49.3 cm³/mol. The van der Waals surface area contributed by atoms with Crippen LogP contribution in [0.15, 0.2) is 4.79 Å². The lowest BCUT2D eigenvalue weighted by molar-refractivity contribution is -0.137. The number of hydrogen-bond donors (Lipinski definition) is 3. The number of aromatic amines is 2. The molecule has 0 radical (unpaired) electrons. The van der Waals surface area contributed by atoms with E-state index in [1.807, 2.05) is 0 Å². The molecule has 76 valence electrons. The first-order valence-corrected chi connectivity index (χ1v) is 4.69. The van der Waals surface area contributed by atoms with E-state index in [2.05, 4.69) is 10.2 Å². The van der Waals surface area contributed by atoms with Gasteiger partial charge in [-0.05, 0) is 19.3 Å². The van der Waals surface area contributed by atoms with Crippen molar-refractivity contribution in [2.24, 2.45) is 0 Å². The molecule has 1 aliphatic carbocycles. The van der Waals surface area contributed by atoms with Gasteiger partial charge in [-0.15, -0.1) is 0 Å². The zero-order valence-corrected chi connectivity index (χ0v) is 7.67. The molecule has 3 N–H and O–H groups in total. The van der Waals surface area contributed by atoms with Crippen LogP contribution in [0.2, 0.25) is 0 Å². The summed E-state index contributed by atoms with van der Waals surface area (Å²) in [5, 5.41) is 14.0. The quantitative estimate of drug-likeness (QED) is 0.647. The molecule has 1 aliphatic rings. The first-order valence-electron chi connectivity index (χ1n) is 4.69. The van der Waals surface area contributed by atoms with Crippen LogP contribution in [0.4, 0.5) is 0 Å². The molecular weight excluding hydrogens is 184 g/mol. The van der Waals surface area contributed by atoms with Crippen molar-refractivity contribution < 1.29 is 9.90 Å². The van der Waals surface area contributed by atoms with E-state index >= 15 is 0 Å². The fourth-order valence-corrected chi connectivity index (χ4v) is 2.08. The number of rotatable bonds is 2. The number of aromatic nitrogens is 2. The molecular formula is C9H12N2O3. The van der Waals surface area contributed by atoms with Gasteiger partial charge in [0.05, 0.1) is 6.42 Å². The molecule has 1 unspecified atom stereocenters. The lowest BCUT2D eigenvalue weighted by Crippen LogP contribution is -2.16. The Balaban J connectivity index is 2.31. The van der Waals surface area contributed by atoms with E-state index < -0.39 is 5.97 Å². The molecule has 2 rings (SSSR count). The van der Waals surface area contributed by atoms with Crippen LogP contribution in [-0.2, 0) is 11.2 Å². The van der Waals surface area contributed by atoms with Gasteiger partial charge < -0.3 is 10.2 Å². The Morgan fingerprint density at radius 2 is 2.29 bits per heavy atom. The molecule has 0 aromatic carbocycles. The van der Waals surface area contributed by atoms with E-state index in [0.717, 1.165) is 30.5 Å². The summed E-state index contributed by atoms with van der Waals surface area (Å²) in [6.45, 7) is 0. The summed E-state index contributed by atoms with van der Waals surface area (Å²) in [7, 11) is 0. The van der Waals surface area contributed by atoms with Crippen LogP contribution < -0.4 is 5.56 Å². The largest absolute Gasteiger partial charge is 0.481 e. The van der Waals surface area contributed by atoms with Crippen molar-refractivity contribution in [1.29, 1.82) is 0 Å². The maximum atomic E-state index is 11.3. The lowest BCUT2D eigenvalue weighted by atomic mass is 9.86. The molecule has 1 aromatic heterocycles. The van der Waals surface area contributed by atoms with E-state index in [-0.39, 0.29) is 17.9 Å². The normalized spacial score (nSPS) is 20.4. The van der Waals surface area contributed by atoms with Gasteiger partial charge in [-0.1, -0.05) is 0 Å². The number of hydrogen-bond acceptors (Lipinski definition) is 2. The molecule has 1 aromatic rings. The van der Waals surface area contributed by atoms with Gasteiger partial charge in [-0.25, -0.2) is 0 Å². The molecule has 0 fully saturated rings. The third-order valence-electron chi connectivity index (χ3n) is 2.72.